The van der Waals surface area contributed by atoms with E-state index in [9.17, 15) is 9.59 Å². The molecule has 1 aliphatic heterocycles. The minimum Gasteiger partial charge on any atom is -0.459 e. The van der Waals surface area contributed by atoms with Crippen LogP contribution in [0.2, 0.25) is 0 Å². The van der Waals surface area contributed by atoms with Crippen LogP contribution in [0, 0.1) is 6.92 Å². The van der Waals surface area contributed by atoms with Crippen molar-refractivity contribution in [2.24, 2.45) is 0 Å². The number of nitrogens with zero attached hydrogens (tertiary/aromatic N) is 5. The van der Waals surface area contributed by atoms with Gasteiger partial charge in [0.15, 0.2) is 11.4 Å². The average Bonchev–Trinajstić information content (AvgIpc) is 3.53. The molecular formula is C26H27N5O3. The Bertz CT molecular complexity index is 1350. The molecule has 3 aromatic heterocycles. The zero-order valence-electron chi connectivity index (χ0n) is 19.6. The smallest absolute Gasteiger partial charge is 0.289 e. The predicted molar refractivity (Wildman–Crippen MR) is 129 cm³/mol. The van der Waals surface area contributed by atoms with Crippen LogP contribution in [0.4, 0.5) is 0 Å². The van der Waals surface area contributed by atoms with Crippen molar-refractivity contribution in [3.63, 3.8) is 0 Å². The number of carbonyl (C=O) groups excluding carboxylic acids is 2. The third-order valence-corrected chi connectivity index (χ3v) is 6.29. The van der Waals surface area contributed by atoms with Crippen molar-refractivity contribution >= 4 is 22.8 Å². The minimum atomic E-state index is -0.150. The van der Waals surface area contributed by atoms with E-state index < -0.39 is 0 Å². The highest BCUT2D eigenvalue weighted by Gasteiger charge is 2.28. The lowest BCUT2D eigenvalue weighted by Crippen LogP contribution is -2.50. The van der Waals surface area contributed by atoms with Crippen molar-refractivity contribution in [1.29, 1.82) is 0 Å². The number of furan rings is 1. The highest BCUT2D eigenvalue weighted by atomic mass is 16.3. The van der Waals surface area contributed by atoms with Crippen molar-refractivity contribution in [3.8, 4) is 11.3 Å². The van der Waals surface area contributed by atoms with Gasteiger partial charge in [-0.3, -0.25) is 9.59 Å². The Balaban J connectivity index is 1.47. The van der Waals surface area contributed by atoms with Crippen LogP contribution in [-0.4, -0.2) is 62.6 Å². The monoisotopic (exact) mass is 457 g/mol. The molecule has 174 valence electrons. The number of hydrogen-bond acceptors (Lipinski definition) is 5. The molecule has 8 nitrogen and oxygen atoms in total. The molecule has 4 aromatic rings. The summed E-state index contributed by atoms with van der Waals surface area (Å²) in [4.78, 5) is 34.7. The Labute approximate surface area is 197 Å². The lowest BCUT2D eigenvalue weighted by atomic mass is 10.0. The van der Waals surface area contributed by atoms with Crippen molar-refractivity contribution in [3.05, 3.63) is 71.8 Å². The Kier molecular flexibility index (Phi) is 5.65. The second-order valence-corrected chi connectivity index (χ2v) is 8.85. The Morgan fingerprint density at radius 3 is 2.32 bits per heavy atom. The number of benzene rings is 1. The molecule has 4 heterocycles. The lowest BCUT2D eigenvalue weighted by Gasteiger charge is -2.34. The summed E-state index contributed by atoms with van der Waals surface area (Å²) in [6.07, 6.45) is 3.22. The van der Waals surface area contributed by atoms with E-state index in [0.717, 1.165) is 22.2 Å². The van der Waals surface area contributed by atoms with Crippen molar-refractivity contribution in [2.75, 3.05) is 26.2 Å². The van der Waals surface area contributed by atoms with Crippen LogP contribution < -0.4 is 0 Å². The van der Waals surface area contributed by atoms with Crippen LogP contribution in [-0.2, 0) is 0 Å². The number of fused-ring (bicyclic) bond motifs is 1. The molecule has 1 saturated heterocycles. The first kappa shape index (κ1) is 21.9. The topological polar surface area (TPSA) is 84.5 Å². The number of aromatic nitrogens is 3. The van der Waals surface area contributed by atoms with E-state index in [1.54, 1.807) is 28.1 Å². The maximum absolute atomic E-state index is 13.7. The molecule has 1 fully saturated rings. The largest absolute Gasteiger partial charge is 0.459 e. The first-order chi connectivity index (χ1) is 16.4. The van der Waals surface area contributed by atoms with Crippen LogP contribution >= 0.6 is 0 Å². The first-order valence-corrected chi connectivity index (χ1v) is 11.5. The lowest BCUT2D eigenvalue weighted by molar-refractivity contribution is 0.0519. The minimum absolute atomic E-state index is 0.0735. The zero-order chi connectivity index (χ0) is 23.8. The van der Waals surface area contributed by atoms with Gasteiger partial charge in [0.1, 0.15) is 0 Å². The van der Waals surface area contributed by atoms with Crippen molar-refractivity contribution < 1.29 is 14.0 Å². The summed E-state index contributed by atoms with van der Waals surface area (Å²) < 4.78 is 7.09. The molecule has 8 heteroatoms. The number of pyridine rings is 1. The van der Waals surface area contributed by atoms with Crippen molar-refractivity contribution in [2.45, 2.75) is 26.8 Å². The van der Waals surface area contributed by atoms with Gasteiger partial charge in [-0.15, -0.1) is 0 Å². The summed E-state index contributed by atoms with van der Waals surface area (Å²) in [5.41, 5.74) is 4.12. The van der Waals surface area contributed by atoms with E-state index in [1.807, 2.05) is 55.8 Å². The van der Waals surface area contributed by atoms with Crippen LogP contribution in [0.1, 0.15) is 46.4 Å². The second kappa shape index (κ2) is 8.78. The number of amides is 2. The van der Waals surface area contributed by atoms with Crippen LogP contribution in [0.25, 0.3) is 22.3 Å². The van der Waals surface area contributed by atoms with Crippen LogP contribution in [0.15, 0.2) is 59.3 Å². The maximum atomic E-state index is 13.7. The molecule has 0 unspecified atom stereocenters. The average molecular weight is 458 g/mol. The van der Waals surface area contributed by atoms with Gasteiger partial charge in [0, 0.05) is 37.8 Å². The van der Waals surface area contributed by atoms with Gasteiger partial charge in [-0.05, 0) is 44.5 Å². The van der Waals surface area contributed by atoms with Gasteiger partial charge in [0.25, 0.3) is 11.8 Å². The molecule has 0 N–H and O–H groups in total. The zero-order valence-corrected chi connectivity index (χ0v) is 19.6. The van der Waals surface area contributed by atoms with Gasteiger partial charge in [-0.25, -0.2) is 9.67 Å². The fourth-order valence-corrected chi connectivity index (χ4v) is 4.41. The SMILES string of the molecule is Cc1ccccc1-c1cc(C(=O)N2CCN(C(=O)c3ccco3)CC2)c2cnn(C(C)C)c2n1. The highest BCUT2D eigenvalue weighted by molar-refractivity contribution is 6.06. The van der Waals surface area contributed by atoms with Gasteiger partial charge in [-0.1, -0.05) is 24.3 Å². The fraction of sp³-hybridized carbons (Fsp3) is 0.308. The van der Waals surface area contributed by atoms with Gasteiger partial charge >= 0.3 is 0 Å². The number of piperazine rings is 1. The molecule has 1 aromatic carbocycles. The second-order valence-electron chi connectivity index (χ2n) is 8.85. The van der Waals surface area contributed by atoms with Gasteiger partial charge in [-0.2, -0.15) is 5.10 Å². The van der Waals surface area contributed by atoms with E-state index in [2.05, 4.69) is 5.10 Å². The summed E-state index contributed by atoms with van der Waals surface area (Å²) in [5.74, 6) is 0.0960. The number of hydrogen-bond donors (Lipinski definition) is 0. The highest BCUT2D eigenvalue weighted by Crippen LogP contribution is 2.29. The molecule has 34 heavy (non-hydrogen) atoms. The fourth-order valence-electron chi connectivity index (χ4n) is 4.41. The van der Waals surface area contributed by atoms with Gasteiger partial charge in [0.05, 0.1) is 29.1 Å². The quantitative estimate of drug-likeness (QED) is 0.459. The molecule has 0 radical (unpaired) electrons. The Morgan fingerprint density at radius 2 is 1.68 bits per heavy atom. The Hall–Kier alpha value is -3.94. The molecule has 2 amide bonds. The summed E-state index contributed by atoms with van der Waals surface area (Å²) >= 11 is 0. The van der Waals surface area contributed by atoms with Crippen LogP contribution in [0.5, 0.6) is 0 Å². The first-order valence-electron chi connectivity index (χ1n) is 11.5. The van der Waals surface area contributed by atoms with Crippen molar-refractivity contribution in [1.82, 2.24) is 24.6 Å². The Morgan fingerprint density at radius 1 is 0.971 bits per heavy atom. The summed E-state index contributed by atoms with van der Waals surface area (Å²) in [6.45, 7) is 7.94. The molecule has 0 aliphatic carbocycles. The molecule has 0 atom stereocenters. The molecule has 0 bridgehead atoms. The van der Waals surface area contributed by atoms with E-state index in [4.69, 9.17) is 9.40 Å². The summed E-state index contributed by atoms with van der Waals surface area (Å²) in [7, 11) is 0. The number of aryl methyl sites for hydroxylation is 1. The van der Waals surface area contributed by atoms with E-state index >= 15 is 0 Å². The third kappa shape index (κ3) is 3.85. The van der Waals surface area contributed by atoms with E-state index in [0.29, 0.717) is 43.1 Å². The van der Waals surface area contributed by atoms with E-state index in [1.165, 1.54) is 6.26 Å². The molecule has 1 aliphatic rings. The molecule has 5 rings (SSSR count). The predicted octanol–water partition coefficient (Wildman–Crippen LogP) is 4.18. The van der Waals surface area contributed by atoms with E-state index in [-0.39, 0.29) is 17.9 Å². The van der Waals surface area contributed by atoms with Gasteiger partial charge < -0.3 is 14.2 Å². The normalized spacial score (nSPS) is 14.2. The standard InChI is InChI=1S/C26H27N5O3/c1-17(2)31-24-21(16-27-31)20(15-22(28-24)19-8-5-4-7-18(19)3)25(32)29-10-12-30(13-11-29)26(33)23-9-6-14-34-23/h4-9,14-17H,10-13H2,1-3H3. The maximum Gasteiger partial charge on any atom is 0.289 e. The summed E-state index contributed by atoms with van der Waals surface area (Å²) in [6, 6.07) is 13.4. The number of rotatable bonds is 4. The summed E-state index contributed by atoms with van der Waals surface area (Å²) in [5, 5.41) is 5.26. The molecule has 0 spiro atoms. The van der Waals surface area contributed by atoms with Gasteiger partial charge in [0.2, 0.25) is 0 Å². The van der Waals surface area contributed by atoms with Crippen LogP contribution in [0.3, 0.4) is 0 Å². The number of carbonyl (C=O) groups is 2. The third-order valence-electron chi connectivity index (χ3n) is 6.29. The molecule has 0 saturated carbocycles. The molecular weight excluding hydrogens is 430 g/mol.